The van der Waals surface area contributed by atoms with Crippen LogP contribution in [0.1, 0.15) is 37.4 Å². The topological polar surface area (TPSA) is 79.2 Å². The van der Waals surface area contributed by atoms with Crippen LogP contribution in [0.25, 0.3) is 21.9 Å². The molecule has 29 heavy (non-hydrogen) atoms. The van der Waals surface area contributed by atoms with Gasteiger partial charge in [-0.1, -0.05) is 30.3 Å². The van der Waals surface area contributed by atoms with Crippen molar-refractivity contribution >= 4 is 27.8 Å². The lowest BCUT2D eigenvalue weighted by molar-refractivity contribution is -0.132. The van der Waals surface area contributed by atoms with Crippen molar-refractivity contribution in [2.75, 3.05) is 7.05 Å². The van der Waals surface area contributed by atoms with Crippen molar-refractivity contribution in [3.63, 3.8) is 0 Å². The number of fused-ring (bicyclic) bond motifs is 2. The lowest BCUT2D eigenvalue weighted by Gasteiger charge is -2.23. The van der Waals surface area contributed by atoms with Crippen LogP contribution in [0, 0.1) is 0 Å². The number of benzene rings is 2. The van der Waals surface area contributed by atoms with Gasteiger partial charge < -0.3 is 14.3 Å². The molecule has 0 saturated heterocycles. The number of furan rings is 1. The molecule has 2 aromatic carbocycles. The van der Waals surface area contributed by atoms with Gasteiger partial charge in [0.05, 0.1) is 16.9 Å². The van der Waals surface area contributed by atoms with Gasteiger partial charge >= 0.3 is 0 Å². The van der Waals surface area contributed by atoms with E-state index in [-0.39, 0.29) is 17.5 Å². The van der Waals surface area contributed by atoms with Gasteiger partial charge in [-0.3, -0.25) is 9.59 Å². The van der Waals surface area contributed by atoms with Gasteiger partial charge in [0.1, 0.15) is 17.2 Å². The van der Waals surface area contributed by atoms with Crippen molar-refractivity contribution in [3.05, 3.63) is 76.5 Å². The van der Waals surface area contributed by atoms with Crippen LogP contribution in [0.2, 0.25) is 0 Å². The minimum absolute atomic E-state index is 0.0288. The van der Waals surface area contributed by atoms with Gasteiger partial charge in [-0.15, -0.1) is 0 Å². The Morgan fingerprint density at radius 1 is 1.17 bits per heavy atom. The van der Waals surface area contributed by atoms with Crippen LogP contribution in [0.5, 0.6) is 0 Å². The second-order valence-corrected chi connectivity index (χ2v) is 7.25. The molecular formula is C23H23N3O3. The smallest absolute Gasteiger partial charge is 0.258 e. The summed E-state index contributed by atoms with van der Waals surface area (Å²) in [6, 6.07) is 16.9. The largest absolute Gasteiger partial charge is 0.459 e. The van der Waals surface area contributed by atoms with E-state index in [4.69, 9.17) is 4.42 Å². The van der Waals surface area contributed by atoms with E-state index in [9.17, 15) is 9.59 Å². The zero-order valence-corrected chi connectivity index (χ0v) is 16.5. The second kappa shape index (κ2) is 7.91. The van der Waals surface area contributed by atoms with Gasteiger partial charge in [0.25, 0.3) is 5.56 Å². The molecule has 6 heteroatoms. The molecule has 0 aliphatic carbocycles. The number of H-pyrrole nitrogens is 1. The summed E-state index contributed by atoms with van der Waals surface area (Å²) in [4.78, 5) is 33.8. The van der Waals surface area contributed by atoms with Gasteiger partial charge in [-0.05, 0) is 37.6 Å². The van der Waals surface area contributed by atoms with Crippen LogP contribution in [-0.4, -0.2) is 27.8 Å². The van der Waals surface area contributed by atoms with Crippen molar-refractivity contribution in [2.45, 2.75) is 32.2 Å². The Labute approximate surface area is 168 Å². The number of rotatable bonds is 6. The summed E-state index contributed by atoms with van der Waals surface area (Å²) in [5.41, 5.74) is 1.35. The summed E-state index contributed by atoms with van der Waals surface area (Å²) in [6.07, 6.45) is 1.52. The molecule has 2 heterocycles. The fourth-order valence-corrected chi connectivity index (χ4v) is 3.45. The Balaban J connectivity index is 1.38. The van der Waals surface area contributed by atoms with E-state index in [1.165, 1.54) is 0 Å². The van der Waals surface area contributed by atoms with Crippen LogP contribution in [0.15, 0.2) is 63.8 Å². The number of nitrogens with zero attached hydrogens (tertiary/aromatic N) is 2. The molecule has 148 valence electrons. The van der Waals surface area contributed by atoms with Crippen molar-refractivity contribution < 1.29 is 9.21 Å². The molecule has 0 bridgehead atoms. The summed E-state index contributed by atoms with van der Waals surface area (Å²) >= 11 is 0. The van der Waals surface area contributed by atoms with E-state index < -0.39 is 0 Å². The molecule has 0 aliphatic rings. The normalized spacial score (nSPS) is 12.3. The molecule has 4 aromatic rings. The average molecular weight is 389 g/mol. The molecule has 0 aliphatic heterocycles. The number of aromatic nitrogens is 2. The Kier molecular flexibility index (Phi) is 5.16. The van der Waals surface area contributed by atoms with E-state index in [1.54, 1.807) is 18.0 Å². The van der Waals surface area contributed by atoms with Crippen molar-refractivity contribution in [2.24, 2.45) is 0 Å². The summed E-state index contributed by atoms with van der Waals surface area (Å²) in [5.74, 6) is 1.40. The summed E-state index contributed by atoms with van der Waals surface area (Å²) in [7, 11) is 1.79. The van der Waals surface area contributed by atoms with Gasteiger partial charge in [0.15, 0.2) is 0 Å². The Morgan fingerprint density at radius 2 is 1.93 bits per heavy atom. The molecule has 6 nitrogen and oxygen atoms in total. The van der Waals surface area contributed by atoms with Crippen LogP contribution in [0.3, 0.4) is 0 Å². The fourth-order valence-electron chi connectivity index (χ4n) is 3.45. The molecule has 1 N–H and O–H groups in total. The lowest BCUT2D eigenvalue weighted by Crippen LogP contribution is -2.29. The number of hydrogen-bond acceptors (Lipinski definition) is 4. The quantitative estimate of drug-likeness (QED) is 0.536. The number of carbonyl (C=O) groups is 1. The summed E-state index contributed by atoms with van der Waals surface area (Å²) in [6.45, 7) is 1.96. The summed E-state index contributed by atoms with van der Waals surface area (Å²) in [5, 5.41) is 1.60. The highest BCUT2D eigenvalue weighted by Gasteiger charge is 2.20. The minimum atomic E-state index is -0.159. The predicted molar refractivity (Wildman–Crippen MR) is 113 cm³/mol. The number of aryl methyl sites for hydroxylation is 1. The first-order chi connectivity index (χ1) is 14.0. The third-order valence-corrected chi connectivity index (χ3v) is 5.30. The number of para-hydroxylation sites is 2. The molecule has 1 unspecified atom stereocenters. The van der Waals surface area contributed by atoms with Crippen LogP contribution < -0.4 is 5.56 Å². The molecular weight excluding hydrogens is 366 g/mol. The lowest BCUT2D eigenvalue weighted by atomic mass is 10.1. The minimum Gasteiger partial charge on any atom is -0.459 e. The first-order valence-electron chi connectivity index (χ1n) is 9.75. The van der Waals surface area contributed by atoms with E-state index in [0.717, 1.165) is 16.7 Å². The SMILES string of the molecule is CC(c1cc2ccccc2o1)N(C)C(=O)CCCc1nc2ccccc2c(=O)[nH]1. The number of carbonyl (C=O) groups excluding carboxylic acids is 1. The zero-order valence-electron chi connectivity index (χ0n) is 16.5. The number of aromatic amines is 1. The molecule has 4 rings (SSSR count). The maximum absolute atomic E-state index is 12.6. The van der Waals surface area contributed by atoms with Gasteiger partial charge in [0, 0.05) is 25.3 Å². The molecule has 0 saturated carbocycles. The Morgan fingerprint density at radius 3 is 2.76 bits per heavy atom. The zero-order chi connectivity index (χ0) is 20.4. The molecule has 0 radical (unpaired) electrons. The molecule has 1 amide bonds. The van der Waals surface area contributed by atoms with E-state index >= 15 is 0 Å². The maximum atomic E-state index is 12.6. The second-order valence-electron chi connectivity index (χ2n) is 7.25. The molecule has 1 atom stereocenters. The van der Waals surface area contributed by atoms with E-state index in [1.807, 2.05) is 55.5 Å². The van der Waals surface area contributed by atoms with E-state index in [2.05, 4.69) is 9.97 Å². The Bertz CT molecular complexity index is 1190. The van der Waals surface area contributed by atoms with Crippen LogP contribution in [-0.2, 0) is 11.2 Å². The monoisotopic (exact) mass is 389 g/mol. The highest BCUT2D eigenvalue weighted by Crippen LogP contribution is 2.27. The standard InChI is InChI=1S/C23H23N3O3/c1-15(20-14-16-8-3-6-11-19(16)29-20)26(2)22(27)13-7-12-21-24-18-10-5-4-9-17(18)23(28)25-21/h3-6,8-11,14-15H,7,12-13H2,1-2H3,(H,24,25,28). The van der Waals surface area contributed by atoms with Gasteiger partial charge in [-0.25, -0.2) is 4.98 Å². The Hall–Kier alpha value is -3.41. The third kappa shape index (κ3) is 3.92. The molecule has 2 aromatic heterocycles. The highest BCUT2D eigenvalue weighted by atomic mass is 16.3. The third-order valence-electron chi connectivity index (χ3n) is 5.30. The van der Waals surface area contributed by atoms with Crippen LogP contribution >= 0.6 is 0 Å². The molecule has 0 spiro atoms. The van der Waals surface area contributed by atoms with Gasteiger partial charge in [0.2, 0.25) is 5.91 Å². The molecule has 0 fully saturated rings. The number of hydrogen-bond donors (Lipinski definition) is 1. The van der Waals surface area contributed by atoms with E-state index in [0.29, 0.717) is 36.0 Å². The first kappa shape index (κ1) is 18.9. The van der Waals surface area contributed by atoms with Crippen molar-refractivity contribution in [1.82, 2.24) is 14.9 Å². The van der Waals surface area contributed by atoms with Crippen LogP contribution in [0.4, 0.5) is 0 Å². The fraction of sp³-hybridized carbons (Fsp3) is 0.261. The average Bonchev–Trinajstić information content (AvgIpc) is 3.17. The van der Waals surface area contributed by atoms with Crippen molar-refractivity contribution in [1.29, 1.82) is 0 Å². The first-order valence-corrected chi connectivity index (χ1v) is 9.75. The highest BCUT2D eigenvalue weighted by molar-refractivity contribution is 5.79. The predicted octanol–water partition coefficient (Wildman–Crippen LogP) is 4.21. The van der Waals surface area contributed by atoms with Gasteiger partial charge in [-0.2, -0.15) is 0 Å². The number of nitrogens with one attached hydrogen (secondary N) is 1. The number of amides is 1. The summed E-state index contributed by atoms with van der Waals surface area (Å²) < 4.78 is 5.89. The van der Waals surface area contributed by atoms with Crippen molar-refractivity contribution in [3.8, 4) is 0 Å². The maximum Gasteiger partial charge on any atom is 0.258 e.